The van der Waals surface area contributed by atoms with Crippen LogP contribution in [0.1, 0.15) is 22.7 Å². The molecule has 0 amide bonds. The van der Waals surface area contributed by atoms with Crippen LogP contribution >= 0.6 is 0 Å². The van der Waals surface area contributed by atoms with Gasteiger partial charge >= 0.3 is 0 Å². The molecular weight excluding hydrogens is 410 g/mol. The van der Waals surface area contributed by atoms with Crippen molar-refractivity contribution in [2.75, 3.05) is 0 Å². The summed E-state index contributed by atoms with van der Waals surface area (Å²) >= 11 is 0. The second-order valence-electron chi connectivity index (χ2n) is 8.71. The normalized spacial score (nSPS) is 11.8. The molecule has 0 N–H and O–H groups in total. The van der Waals surface area contributed by atoms with E-state index in [1.165, 1.54) is 49.0 Å². The highest BCUT2D eigenvalue weighted by molar-refractivity contribution is 5.91. The van der Waals surface area contributed by atoms with Crippen LogP contribution in [0.4, 0.5) is 0 Å². The number of aliphatic imine (C=N–C) groups is 1. The predicted octanol–water partition coefficient (Wildman–Crippen LogP) is 8.55. The van der Waals surface area contributed by atoms with Crippen LogP contribution in [-0.4, -0.2) is 6.21 Å². The second-order valence-corrected chi connectivity index (χ2v) is 8.71. The number of nitrogens with zero attached hydrogens (tertiary/aromatic N) is 1. The Bertz CT molecular complexity index is 1550. The minimum atomic E-state index is -0.0767. The van der Waals surface area contributed by atoms with Crippen LogP contribution in [0, 0.1) is 0 Å². The molecule has 0 radical (unpaired) electrons. The number of rotatable bonds is 5. The smallest absolute Gasteiger partial charge is 0.101 e. The van der Waals surface area contributed by atoms with Crippen LogP contribution in [0.15, 0.2) is 132 Å². The molecule has 0 atom stereocenters. The van der Waals surface area contributed by atoms with Gasteiger partial charge in [0.05, 0.1) is 0 Å². The Morgan fingerprint density at radius 2 is 0.912 bits per heavy atom. The van der Waals surface area contributed by atoms with E-state index in [0.717, 1.165) is 6.42 Å². The molecule has 0 heterocycles. The van der Waals surface area contributed by atoms with E-state index in [1.54, 1.807) is 0 Å². The lowest BCUT2D eigenvalue weighted by Gasteiger charge is -2.18. The quantitative estimate of drug-likeness (QED) is 0.241. The van der Waals surface area contributed by atoms with Gasteiger partial charge in [0, 0.05) is 12.6 Å². The SMILES string of the molecule is C(Cc1cccc2ccccc12)=NC(c1cccc2ccccc12)c1cccc2ccccc12. The van der Waals surface area contributed by atoms with Gasteiger partial charge in [-0.25, -0.2) is 0 Å². The molecule has 0 aliphatic heterocycles. The number of fused-ring (bicyclic) bond motifs is 3. The summed E-state index contributed by atoms with van der Waals surface area (Å²) in [5, 5.41) is 7.57. The first-order chi connectivity index (χ1) is 16.9. The summed E-state index contributed by atoms with van der Waals surface area (Å²) in [5.41, 5.74) is 3.78. The molecule has 34 heavy (non-hydrogen) atoms. The van der Waals surface area contributed by atoms with Gasteiger partial charge < -0.3 is 0 Å². The van der Waals surface area contributed by atoms with Crippen molar-refractivity contribution < 1.29 is 0 Å². The summed E-state index contributed by atoms with van der Waals surface area (Å²) in [6.45, 7) is 0. The van der Waals surface area contributed by atoms with Gasteiger partial charge in [-0.05, 0) is 49.0 Å². The van der Waals surface area contributed by atoms with E-state index in [9.17, 15) is 0 Å². The van der Waals surface area contributed by atoms with Crippen molar-refractivity contribution in [3.05, 3.63) is 144 Å². The van der Waals surface area contributed by atoms with Crippen molar-refractivity contribution in [3.8, 4) is 0 Å². The molecule has 0 aliphatic rings. The van der Waals surface area contributed by atoms with Gasteiger partial charge in [-0.3, -0.25) is 4.99 Å². The lowest BCUT2D eigenvalue weighted by atomic mass is 9.91. The predicted molar refractivity (Wildman–Crippen MR) is 146 cm³/mol. The molecule has 1 nitrogen and oxygen atoms in total. The van der Waals surface area contributed by atoms with E-state index < -0.39 is 0 Å². The summed E-state index contributed by atoms with van der Waals surface area (Å²) < 4.78 is 0. The summed E-state index contributed by atoms with van der Waals surface area (Å²) in [5.74, 6) is 0. The summed E-state index contributed by atoms with van der Waals surface area (Å²) in [7, 11) is 0. The Kier molecular flexibility index (Phi) is 5.37. The fourth-order valence-electron chi connectivity index (χ4n) is 5.03. The van der Waals surface area contributed by atoms with E-state index in [0.29, 0.717) is 0 Å². The van der Waals surface area contributed by atoms with Crippen LogP contribution in [0.3, 0.4) is 0 Å². The first kappa shape index (κ1) is 20.4. The second kappa shape index (κ2) is 8.96. The zero-order chi connectivity index (χ0) is 22.7. The maximum Gasteiger partial charge on any atom is 0.101 e. The van der Waals surface area contributed by atoms with Gasteiger partial charge in [0.15, 0.2) is 0 Å². The molecule has 162 valence electrons. The third-order valence-electron chi connectivity index (χ3n) is 6.68. The monoisotopic (exact) mass is 435 g/mol. The molecule has 0 unspecified atom stereocenters. The highest BCUT2D eigenvalue weighted by Gasteiger charge is 2.17. The van der Waals surface area contributed by atoms with Gasteiger partial charge in [-0.15, -0.1) is 0 Å². The Labute approximate surface area is 200 Å². The third kappa shape index (κ3) is 3.76. The van der Waals surface area contributed by atoms with E-state index >= 15 is 0 Å². The maximum absolute atomic E-state index is 5.24. The Balaban J connectivity index is 1.48. The highest BCUT2D eigenvalue weighted by Crippen LogP contribution is 2.35. The lowest BCUT2D eigenvalue weighted by Crippen LogP contribution is -2.02. The first-order valence-electron chi connectivity index (χ1n) is 11.8. The molecule has 6 aromatic carbocycles. The average Bonchev–Trinajstić information content (AvgIpc) is 2.91. The number of hydrogen-bond donors (Lipinski definition) is 0. The van der Waals surface area contributed by atoms with E-state index in [4.69, 9.17) is 4.99 Å². The first-order valence-corrected chi connectivity index (χ1v) is 11.8. The maximum atomic E-state index is 5.24. The summed E-state index contributed by atoms with van der Waals surface area (Å²) in [4.78, 5) is 5.24. The Morgan fingerprint density at radius 1 is 0.471 bits per heavy atom. The molecule has 6 aromatic rings. The lowest BCUT2D eigenvalue weighted by molar-refractivity contribution is 0.893. The third-order valence-corrected chi connectivity index (χ3v) is 6.68. The van der Waals surface area contributed by atoms with Gasteiger partial charge in [-0.2, -0.15) is 0 Å². The Morgan fingerprint density at radius 3 is 1.50 bits per heavy atom. The van der Waals surface area contributed by atoms with Crippen molar-refractivity contribution in [2.45, 2.75) is 12.5 Å². The van der Waals surface area contributed by atoms with Crippen LogP contribution in [0.2, 0.25) is 0 Å². The molecule has 0 spiro atoms. The Hall–Kier alpha value is -4.23. The molecule has 6 rings (SSSR count). The zero-order valence-electron chi connectivity index (χ0n) is 18.9. The van der Waals surface area contributed by atoms with E-state index in [1.807, 2.05) is 0 Å². The molecular formula is C33H25N. The van der Waals surface area contributed by atoms with Crippen LogP contribution in [0.5, 0.6) is 0 Å². The molecule has 1 heteroatoms. The average molecular weight is 436 g/mol. The van der Waals surface area contributed by atoms with Crippen molar-refractivity contribution >= 4 is 38.5 Å². The molecule has 0 saturated heterocycles. The zero-order valence-corrected chi connectivity index (χ0v) is 18.9. The van der Waals surface area contributed by atoms with Crippen molar-refractivity contribution in [3.63, 3.8) is 0 Å². The summed E-state index contributed by atoms with van der Waals surface area (Å²) in [6.07, 6.45) is 2.91. The minimum absolute atomic E-state index is 0.0767. The minimum Gasteiger partial charge on any atom is -0.284 e. The number of benzene rings is 6. The van der Waals surface area contributed by atoms with Gasteiger partial charge in [-0.1, -0.05) is 127 Å². The van der Waals surface area contributed by atoms with Gasteiger partial charge in [0.2, 0.25) is 0 Å². The fraction of sp³-hybridized carbons (Fsp3) is 0.0606. The van der Waals surface area contributed by atoms with Crippen molar-refractivity contribution in [1.29, 1.82) is 0 Å². The van der Waals surface area contributed by atoms with Gasteiger partial charge in [0.1, 0.15) is 6.04 Å². The van der Waals surface area contributed by atoms with E-state index in [-0.39, 0.29) is 6.04 Å². The molecule has 0 fully saturated rings. The van der Waals surface area contributed by atoms with E-state index in [2.05, 4.69) is 134 Å². The molecule has 0 aliphatic carbocycles. The van der Waals surface area contributed by atoms with Crippen LogP contribution in [-0.2, 0) is 6.42 Å². The summed E-state index contributed by atoms with van der Waals surface area (Å²) in [6, 6.07) is 45.3. The van der Waals surface area contributed by atoms with Crippen molar-refractivity contribution in [2.24, 2.45) is 4.99 Å². The topological polar surface area (TPSA) is 12.4 Å². The standard InChI is InChI=1S/C33H25N/c1-4-17-28-24(10-1)13-7-14-27(28)22-23-34-33(31-20-8-15-25-11-2-5-18-29(25)31)32-21-9-16-26-12-3-6-19-30(26)32/h1-21,23,33H,22H2. The molecule has 0 aromatic heterocycles. The largest absolute Gasteiger partial charge is 0.284 e. The molecule has 0 saturated carbocycles. The van der Waals surface area contributed by atoms with Gasteiger partial charge in [0.25, 0.3) is 0 Å². The fourth-order valence-corrected chi connectivity index (χ4v) is 5.03. The molecule has 0 bridgehead atoms. The van der Waals surface area contributed by atoms with Crippen LogP contribution < -0.4 is 0 Å². The van der Waals surface area contributed by atoms with Crippen molar-refractivity contribution in [1.82, 2.24) is 0 Å². The number of hydrogen-bond acceptors (Lipinski definition) is 1. The van der Waals surface area contributed by atoms with Crippen LogP contribution in [0.25, 0.3) is 32.3 Å². The highest BCUT2D eigenvalue weighted by atomic mass is 14.8.